The van der Waals surface area contributed by atoms with E-state index in [-0.39, 0.29) is 0 Å². The van der Waals surface area contributed by atoms with Gasteiger partial charge in [0.1, 0.15) is 11.8 Å². The fraction of sp³-hybridized carbons (Fsp3) is 0.583. The first-order valence-corrected chi connectivity index (χ1v) is 6.50. The highest BCUT2D eigenvalue weighted by Gasteiger charge is 2.19. The van der Waals surface area contributed by atoms with E-state index in [2.05, 4.69) is 40.3 Å². The highest BCUT2D eigenvalue weighted by molar-refractivity contribution is 7.71. The number of hydrogen-bond acceptors (Lipinski definition) is 4. The SMILES string of the molecule is CCC(C(C)C)n1c(=S)[nH]c2c(OC)ncnc21. The molecule has 0 aromatic carbocycles. The Balaban J connectivity index is 2.71. The normalized spacial score (nSPS) is 13.2. The van der Waals surface area contributed by atoms with Gasteiger partial charge in [0, 0.05) is 6.04 Å². The summed E-state index contributed by atoms with van der Waals surface area (Å²) in [6.07, 6.45) is 2.51. The fourth-order valence-electron chi connectivity index (χ4n) is 2.33. The molecule has 0 aliphatic heterocycles. The van der Waals surface area contributed by atoms with Crippen molar-refractivity contribution in [3.63, 3.8) is 0 Å². The molecule has 1 unspecified atom stereocenters. The number of aromatic amines is 1. The van der Waals surface area contributed by atoms with Crippen molar-refractivity contribution in [2.75, 3.05) is 7.11 Å². The van der Waals surface area contributed by atoms with Crippen LogP contribution in [0.2, 0.25) is 0 Å². The van der Waals surface area contributed by atoms with Gasteiger partial charge in [-0.2, -0.15) is 4.98 Å². The summed E-state index contributed by atoms with van der Waals surface area (Å²) in [5, 5.41) is 0. The molecular weight excluding hydrogens is 248 g/mol. The molecule has 0 bridgehead atoms. The topological polar surface area (TPSA) is 55.7 Å². The van der Waals surface area contributed by atoms with Crippen molar-refractivity contribution in [1.82, 2.24) is 19.5 Å². The number of hydrogen-bond donors (Lipinski definition) is 1. The van der Waals surface area contributed by atoms with Gasteiger partial charge in [-0.1, -0.05) is 20.8 Å². The third-order valence-corrected chi connectivity index (χ3v) is 3.48. The number of methoxy groups -OCH3 is 1. The third-order valence-electron chi connectivity index (χ3n) is 3.18. The number of fused-ring (bicyclic) bond motifs is 1. The molecule has 0 radical (unpaired) electrons. The van der Waals surface area contributed by atoms with Gasteiger partial charge in [0.15, 0.2) is 10.4 Å². The van der Waals surface area contributed by atoms with Crippen molar-refractivity contribution in [2.45, 2.75) is 33.2 Å². The first-order chi connectivity index (χ1) is 8.60. The fourth-order valence-corrected chi connectivity index (χ4v) is 2.65. The van der Waals surface area contributed by atoms with Gasteiger partial charge in [-0.15, -0.1) is 0 Å². The van der Waals surface area contributed by atoms with Crippen LogP contribution in [0.3, 0.4) is 0 Å². The Hall–Kier alpha value is -1.43. The Morgan fingerprint density at radius 2 is 2.17 bits per heavy atom. The molecule has 98 valence electrons. The van der Waals surface area contributed by atoms with E-state index >= 15 is 0 Å². The van der Waals surface area contributed by atoms with Crippen LogP contribution in [0.25, 0.3) is 11.2 Å². The second-order valence-corrected chi connectivity index (χ2v) is 4.99. The Labute approximate surface area is 111 Å². The van der Waals surface area contributed by atoms with Crippen molar-refractivity contribution in [3.8, 4) is 5.88 Å². The Morgan fingerprint density at radius 3 is 2.72 bits per heavy atom. The molecule has 2 rings (SSSR count). The zero-order chi connectivity index (χ0) is 13.3. The van der Waals surface area contributed by atoms with Gasteiger partial charge >= 0.3 is 0 Å². The van der Waals surface area contributed by atoms with Gasteiger partial charge in [-0.3, -0.25) is 4.57 Å². The summed E-state index contributed by atoms with van der Waals surface area (Å²) in [4.78, 5) is 11.6. The molecule has 0 saturated heterocycles. The minimum Gasteiger partial charge on any atom is -0.479 e. The van der Waals surface area contributed by atoms with Gasteiger partial charge in [-0.05, 0) is 24.6 Å². The smallest absolute Gasteiger partial charge is 0.242 e. The lowest BCUT2D eigenvalue weighted by atomic mass is 10.0. The first-order valence-electron chi connectivity index (χ1n) is 6.09. The van der Waals surface area contributed by atoms with Gasteiger partial charge in [0.2, 0.25) is 5.88 Å². The summed E-state index contributed by atoms with van der Waals surface area (Å²) in [6.45, 7) is 6.53. The van der Waals surface area contributed by atoms with Crippen molar-refractivity contribution < 1.29 is 4.74 Å². The molecule has 2 heterocycles. The lowest BCUT2D eigenvalue weighted by molar-refractivity contribution is 0.368. The Bertz CT molecular complexity index is 602. The molecule has 2 aromatic rings. The van der Waals surface area contributed by atoms with Gasteiger partial charge in [0.05, 0.1) is 7.11 Å². The van der Waals surface area contributed by atoms with E-state index in [1.165, 1.54) is 6.33 Å². The number of nitrogens with one attached hydrogen (secondary N) is 1. The molecule has 0 aliphatic carbocycles. The highest BCUT2D eigenvalue weighted by atomic mass is 32.1. The molecule has 0 spiro atoms. The number of ether oxygens (including phenoxy) is 1. The van der Waals surface area contributed by atoms with Crippen LogP contribution in [0.15, 0.2) is 6.33 Å². The zero-order valence-corrected chi connectivity index (χ0v) is 11.9. The van der Waals surface area contributed by atoms with Gasteiger partial charge < -0.3 is 9.72 Å². The second-order valence-electron chi connectivity index (χ2n) is 4.60. The van der Waals surface area contributed by atoms with Gasteiger partial charge in [-0.25, -0.2) is 4.98 Å². The van der Waals surface area contributed by atoms with Crippen LogP contribution in [0.4, 0.5) is 0 Å². The molecular formula is C12H18N4OS. The second kappa shape index (κ2) is 5.06. The van der Waals surface area contributed by atoms with Crippen LogP contribution < -0.4 is 4.74 Å². The molecule has 18 heavy (non-hydrogen) atoms. The van der Waals surface area contributed by atoms with Crippen LogP contribution >= 0.6 is 12.2 Å². The average Bonchev–Trinajstić information content (AvgIpc) is 2.67. The maximum atomic E-state index is 5.41. The minimum absolute atomic E-state index is 0.325. The molecule has 2 aromatic heterocycles. The summed E-state index contributed by atoms with van der Waals surface area (Å²) < 4.78 is 7.97. The molecule has 0 fully saturated rings. The summed E-state index contributed by atoms with van der Waals surface area (Å²) in [5.41, 5.74) is 1.58. The third kappa shape index (κ3) is 2.01. The van der Waals surface area contributed by atoms with E-state index in [1.807, 2.05) is 0 Å². The molecule has 6 heteroatoms. The van der Waals surface area contributed by atoms with Gasteiger partial charge in [0.25, 0.3) is 0 Å². The summed E-state index contributed by atoms with van der Waals surface area (Å²) in [7, 11) is 1.59. The largest absolute Gasteiger partial charge is 0.479 e. The average molecular weight is 266 g/mol. The highest BCUT2D eigenvalue weighted by Crippen LogP contribution is 2.28. The molecule has 1 N–H and O–H groups in total. The predicted octanol–water partition coefficient (Wildman–Crippen LogP) is 3.10. The monoisotopic (exact) mass is 266 g/mol. The summed E-state index contributed by atoms with van der Waals surface area (Å²) >= 11 is 5.41. The van der Waals surface area contributed by atoms with Crippen molar-refractivity contribution in [3.05, 3.63) is 11.1 Å². The summed E-state index contributed by atoms with van der Waals surface area (Å²) in [5.74, 6) is 1.02. The zero-order valence-electron chi connectivity index (χ0n) is 11.1. The Kier molecular flexibility index (Phi) is 3.65. The van der Waals surface area contributed by atoms with Crippen LogP contribution in [0.5, 0.6) is 5.88 Å². The molecule has 0 aliphatic rings. The number of aromatic nitrogens is 4. The van der Waals surface area contributed by atoms with E-state index < -0.39 is 0 Å². The van der Waals surface area contributed by atoms with Crippen molar-refractivity contribution >= 4 is 23.4 Å². The molecule has 0 saturated carbocycles. The van der Waals surface area contributed by atoms with Crippen LogP contribution in [-0.2, 0) is 0 Å². The standard InChI is InChI=1S/C12H18N4OS/c1-5-8(7(2)3)16-10-9(15-12(16)18)11(17-4)14-6-13-10/h6-8H,5H2,1-4H3,(H,15,18). The molecule has 0 amide bonds. The van der Waals surface area contributed by atoms with E-state index in [0.717, 1.165) is 17.6 Å². The number of rotatable bonds is 4. The maximum absolute atomic E-state index is 5.41. The van der Waals surface area contributed by atoms with E-state index in [4.69, 9.17) is 17.0 Å². The number of nitrogens with zero attached hydrogens (tertiary/aromatic N) is 3. The number of H-pyrrole nitrogens is 1. The van der Waals surface area contributed by atoms with Crippen molar-refractivity contribution in [2.24, 2.45) is 5.92 Å². The Morgan fingerprint density at radius 1 is 1.44 bits per heavy atom. The van der Waals surface area contributed by atoms with E-state index in [1.54, 1.807) is 7.11 Å². The first kappa shape index (κ1) is 13.0. The predicted molar refractivity (Wildman–Crippen MR) is 73.4 cm³/mol. The van der Waals surface area contributed by atoms with E-state index in [9.17, 15) is 0 Å². The summed E-state index contributed by atoms with van der Waals surface area (Å²) in [6, 6.07) is 0.325. The van der Waals surface area contributed by atoms with Crippen LogP contribution in [0, 0.1) is 10.7 Å². The quantitative estimate of drug-likeness (QED) is 0.864. The van der Waals surface area contributed by atoms with Crippen molar-refractivity contribution in [1.29, 1.82) is 0 Å². The lowest BCUT2D eigenvalue weighted by Crippen LogP contribution is -2.15. The lowest BCUT2D eigenvalue weighted by Gasteiger charge is -2.21. The van der Waals surface area contributed by atoms with Crippen LogP contribution in [0.1, 0.15) is 33.2 Å². The molecule has 5 nitrogen and oxygen atoms in total. The molecule has 1 atom stereocenters. The minimum atomic E-state index is 0.325. The maximum Gasteiger partial charge on any atom is 0.242 e. The number of imidazole rings is 1. The van der Waals surface area contributed by atoms with E-state index in [0.29, 0.717) is 22.6 Å². The van der Waals surface area contributed by atoms with Crippen LogP contribution in [-0.4, -0.2) is 26.6 Å².